The van der Waals surface area contributed by atoms with Crippen molar-refractivity contribution in [1.29, 1.82) is 0 Å². The summed E-state index contributed by atoms with van der Waals surface area (Å²) in [7, 11) is 0. The van der Waals surface area contributed by atoms with Gasteiger partial charge >= 0.3 is 0 Å². The molecule has 0 amide bonds. The number of benzene rings is 1. The maximum atomic E-state index is 14.1. The molecule has 2 unspecified atom stereocenters. The Morgan fingerprint density at radius 2 is 1.50 bits per heavy atom. The Bertz CT molecular complexity index is 451. The first-order valence-corrected chi connectivity index (χ1v) is 7.97. The van der Waals surface area contributed by atoms with Crippen LogP contribution in [0.1, 0.15) is 45.6 Å². The van der Waals surface area contributed by atoms with E-state index in [9.17, 15) is 14.6 Å². The van der Waals surface area contributed by atoms with Crippen molar-refractivity contribution < 1.29 is 24.1 Å². The lowest BCUT2D eigenvalue weighted by Crippen LogP contribution is -2.26. The number of aliphatic hydroxyl groups excluding tert-OH is 2. The number of hydrogen-bond acceptors (Lipinski definition) is 4. The van der Waals surface area contributed by atoms with Crippen molar-refractivity contribution in [1.82, 2.24) is 0 Å². The smallest absolute Gasteiger partial charge is 0.164 e. The summed E-state index contributed by atoms with van der Waals surface area (Å²) in [6, 6.07) is 2.93. The zero-order chi connectivity index (χ0) is 16.5. The molecule has 0 radical (unpaired) electrons. The molecule has 0 heterocycles. The van der Waals surface area contributed by atoms with Gasteiger partial charge in [0.15, 0.2) is 11.5 Å². The standard InChI is InChI=1S/C17H27FO4/c1-4-7-14(19)15(20)9-8-12-10-16(21-5-2)17(22-6-3)11-13(12)18/h10-11,14-15,19-20H,4-9H2,1-3H3. The minimum absolute atomic E-state index is 0.303. The fraction of sp³-hybridized carbons (Fsp3) is 0.647. The highest BCUT2D eigenvalue weighted by atomic mass is 19.1. The highest BCUT2D eigenvalue weighted by molar-refractivity contribution is 5.44. The summed E-state index contributed by atoms with van der Waals surface area (Å²) in [6.45, 7) is 6.51. The molecular formula is C17H27FO4. The van der Waals surface area contributed by atoms with Gasteiger partial charge in [-0.2, -0.15) is 0 Å². The predicted molar refractivity (Wildman–Crippen MR) is 84.0 cm³/mol. The van der Waals surface area contributed by atoms with E-state index in [0.717, 1.165) is 6.42 Å². The molecule has 0 saturated carbocycles. The van der Waals surface area contributed by atoms with Gasteiger partial charge in [0.25, 0.3) is 0 Å². The topological polar surface area (TPSA) is 58.9 Å². The minimum atomic E-state index is -0.846. The molecule has 126 valence electrons. The van der Waals surface area contributed by atoms with E-state index in [4.69, 9.17) is 9.47 Å². The van der Waals surface area contributed by atoms with Crippen LogP contribution in [0.2, 0.25) is 0 Å². The van der Waals surface area contributed by atoms with Crippen LogP contribution in [0.25, 0.3) is 0 Å². The van der Waals surface area contributed by atoms with Crippen LogP contribution in [0, 0.1) is 5.82 Å². The second kappa shape index (κ2) is 9.64. The molecule has 1 aromatic carbocycles. The second-order valence-electron chi connectivity index (χ2n) is 5.22. The number of hydrogen-bond donors (Lipinski definition) is 2. The van der Waals surface area contributed by atoms with E-state index >= 15 is 0 Å². The number of aliphatic hydroxyl groups is 2. The average Bonchev–Trinajstić information content (AvgIpc) is 2.49. The predicted octanol–water partition coefficient (Wildman–Crippen LogP) is 3.08. The summed E-state index contributed by atoms with van der Waals surface area (Å²) in [6.07, 6.45) is 0.364. The number of rotatable bonds is 10. The first-order valence-electron chi connectivity index (χ1n) is 7.97. The summed E-state index contributed by atoms with van der Waals surface area (Å²) in [5.74, 6) is 0.505. The quantitative estimate of drug-likeness (QED) is 0.697. The molecule has 0 bridgehead atoms. The molecule has 2 N–H and O–H groups in total. The van der Waals surface area contributed by atoms with Gasteiger partial charge < -0.3 is 19.7 Å². The first-order chi connectivity index (χ1) is 10.5. The largest absolute Gasteiger partial charge is 0.490 e. The fourth-order valence-corrected chi connectivity index (χ4v) is 2.29. The zero-order valence-electron chi connectivity index (χ0n) is 13.6. The maximum Gasteiger partial charge on any atom is 0.164 e. The van der Waals surface area contributed by atoms with Gasteiger partial charge in [-0.15, -0.1) is 0 Å². The van der Waals surface area contributed by atoms with E-state index in [1.165, 1.54) is 6.07 Å². The van der Waals surface area contributed by atoms with E-state index in [-0.39, 0.29) is 5.82 Å². The van der Waals surface area contributed by atoms with Crippen LogP contribution < -0.4 is 9.47 Å². The Labute approximate surface area is 131 Å². The van der Waals surface area contributed by atoms with Crippen molar-refractivity contribution in [2.24, 2.45) is 0 Å². The van der Waals surface area contributed by atoms with Gasteiger partial charge in [0.1, 0.15) is 5.82 Å². The van der Waals surface area contributed by atoms with Gasteiger partial charge in [0.2, 0.25) is 0 Å². The van der Waals surface area contributed by atoms with Gasteiger partial charge in [0, 0.05) is 6.07 Å². The highest BCUT2D eigenvalue weighted by Gasteiger charge is 2.17. The molecule has 1 rings (SSSR count). The van der Waals surface area contributed by atoms with Crippen molar-refractivity contribution in [2.45, 2.75) is 58.7 Å². The Morgan fingerprint density at radius 1 is 0.955 bits per heavy atom. The Morgan fingerprint density at radius 3 is 2.05 bits per heavy atom. The summed E-state index contributed by atoms with van der Waals surface area (Å²) >= 11 is 0. The van der Waals surface area contributed by atoms with Crippen molar-refractivity contribution in [3.05, 3.63) is 23.5 Å². The van der Waals surface area contributed by atoms with E-state index < -0.39 is 12.2 Å². The molecule has 0 saturated heterocycles. The average molecular weight is 314 g/mol. The SMILES string of the molecule is CCCC(O)C(O)CCc1cc(OCC)c(OCC)cc1F. The van der Waals surface area contributed by atoms with Crippen molar-refractivity contribution in [3.63, 3.8) is 0 Å². The first kappa shape index (κ1) is 18.7. The summed E-state index contributed by atoms with van der Waals surface area (Å²) in [5, 5.41) is 19.6. The Balaban J connectivity index is 2.79. The maximum absolute atomic E-state index is 14.1. The van der Waals surface area contributed by atoms with Gasteiger partial charge in [0.05, 0.1) is 25.4 Å². The highest BCUT2D eigenvalue weighted by Crippen LogP contribution is 2.31. The second-order valence-corrected chi connectivity index (χ2v) is 5.22. The lowest BCUT2D eigenvalue weighted by molar-refractivity contribution is 0.00969. The molecule has 22 heavy (non-hydrogen) atoms. The Kier molecular flexibility index (Phi) is 8.20. The molecule has 5 heteroatoms. The Hall–Kier alpha value is -1.33. The molecular weight excluding hydrogens is 287 g/mol. The van der Waals surface area contributed by atoms with E-state index in [1.807, 2.05) is 20.8 Å². The number of halogens is 1. The van der Waals surface area contributed by atoms with E-state index in [1.54, 1.807) is 6.07 Å². The van der Waals surface area contributed by atoms with Gasteiger partial charge in [-0.3, -0.25) is 0 Å². The fourth-order valence-electron chi connectivity index (χ4n) is 2.29. The van der Waals surface area contributed by atoms with Crippen molar-refractivity contribution in [2.75, 3.05) is 13.2 Å². The van der Waals surface area contributed by atoms with Crippen LogP contribution in [-0.4, -0.2) is 35.6 Å². The van der Waals surface area contributed by atoms with Crippen LogP contribution in [0.5, 0.6) is 11.5 Å². The molecule has 2 atom stereocenters. The molecule has 0 spiro atoms. The molecule has 0 fully saturated rings. The van der Waals surface area contributed by atoms with Crippen molar-refractivity contribution in [3.8, 4) is 11.5 Å². The van der Waals surface area contributed by atoms with Crippen LogP contribution in [0.15, 0.2) is 12.1 Å². The third kappa shape index (κ3) is 5.46. The van der Waals surface area contributed by atoms with Gasteiger partial charge in [-0.05, 0) is 44.7 Å². The lowest BCUT2D eigenvalue weighted by atomic mass is 10.0. The summed E-state index contributed by atoms with van der Waals surface area (Å²) < 4.78 is 25.0. The van der Waals surface area contributed by atoms with Gasteiger partial charge in [-0.25, -0.2) is 4.39 Å². The van der Waals surface area contributed by atoms with E-state index in [0.29, 0.717) is 49.5 Å². The normalized spacial score (nSPS) is 13.7. The lowest BCUT2D eigenvalue weighted by Gasteiger charge is -2.18. The van der Waals surface area contributed by atoms with E-state index in [2.05, 4.69) is 0 Å². The minimum Gasteiger partial charge on any atom is -0.490 e. The molecule has 0 aliphatic heterocycles. The van der Waals surface area contributed by atoms with Crippen LogP contribution in [-0.2, 0) is 6.42 Å². The van der Waals surface area contributed by atoms with Gasteiger partial charge in [-0.1, -0.05) is 13.3 Å². The number of ether oxygens (including phenoxy) is 2. The number of aryl methyl sites for hydroxylation is 1. The molecule has 0 aliphatic rings. The summed E-state index contributed by atoms with van der Waals surface area (Å²) in [5.41, 5.74) is 0.453. The molecule has 4 nitrogen and oxygen atoms in total. The monoisotopic (exact) mass is 314 g/mol. The summed E-state index contributed by atoms with van der Waals surface area (Å²) in [4.78, 5) is 0. The third-order valence-corrected chi connectivity index (χ3v) is 3.45. The van der Waals surface area contributed by atoms with Crippen molar-refractivity contribution >= 4 is 0 Å². The van der Waals surface area contributed by atoms with Crippen LogP contribution in [0.3, 0.4) is 0 Å². The third-order valence-electron chi connectivity index (χ3n) is 3.45. The zero-order valence-corrected chi connectivity index (χ0v) is 13.6. The molecule has 1 aromatic rings. The van der Waals surface area contributed by atoms with Crippen LogP contribution >= 0.6 is 0 Å². The van der Waals surface area contributed by atoms with Crippen LogP contribution in [0.4, 0.5) is 4.39 Å². The molecule has 0 aromatic heterocycles. The molecule has 0 aliphatic carbocycles.